The second kappa shape index (κ2) is 6.22. The van der Waals surface area contributed by atoms with Gasteiger partial charge in [0.15, 0.2) is 0 Å². The molecule has 19 heavy (non-hydrogen) atoms. The highest BCUT2D eigenvalue weighted by Crippen LogP contribution is 2.37. The summed E-state index contributed by atoms with van der Waals surface area (Å²) in [5, 5.41) is 10.5. The molecule has 4 nitrogen and oxygen atoms in total. The molecule has 2 rings (SSSR count). The first kappa shape index (κ1) is 14.8. The molecule has 1 aromatic rings. The topological polar surface area (TPSA) is 53.4 Å². The first-order valence-corrected chi connectivity index (χ1v) is 8.22. The van der Waals surface area contributed by atoms with Crippen LogP contribution in [-0.2, 0) is 0 Å². The molecule has 0 bridgehead atoms. The van der Waals surface area contributed by atoms with E-state index in [0.29, 0.717) is 5.92 Å². The Hall–Kier alpha value is -0.620. The Balaban J connectivity index is 1.96. The van der Waals surface area contributed by atoms with Crippen molar-refractivity contribution in [2.24, 2.45) is 0 Å². The first-order chi connectivity index (χ1) is 8.99. The van der Waals surface area contributed by atoms with Crippen LogP contribution in [0.15, 0.2) is 9.98 Å². The third-order valence-corrected chi connectivity index (χ3v) is 5.35. The van der Waals surface area contributed by atoms with Crippen molar-refractivity contribution >= 4 is 33.4 Å². The van der Waals surface area contributed by atoms with E-state index in [4.69, 9.17) is 0 Å². The highest BCUT2D eigenvalue weighted by Gasteiger charge is 2.31. The zero-order valence-corrected chi connectivity index (χ0v) is 13.6. The van der Waals surface area contributed by atoms with Crippen LogP contribution >= 0.6 is 27.3 Å². The van der Waals surface area contributed by atoms with Gasteiger partial charge in [0.05, 0.1) is 15.0 Å². The Morgan fingerprint density at radius 2 is 2.11 bits per heavy atom. The van der Waals surface area contributed by atoms with Crippen molar-refractivity contribution in [3.05, 3.63) is 15.0 Å². The van der Waals surface area contributed by atoms with Crippen molar-refractivity contribution in [3.8, 4) is 0 Å². The molecule has 1 heterocycles. The molecule has 1 aliphatic rings. The molecule has 6 heteroatoms. The van der Waals surface area contributed by atoms with Gasteiger partial charge >= 0.3 is 6.09 Å². The number of amides is 1. The lowest BCUT2D eigenvalue weighted by molar-refractivity contribution is 0.0906. The summed E-state index contributed by atoms with van der Waals surface area (Å²) >= 11 is 5.13. The fourth-order valence-corrected chi connectivity index (χ4v) is 4.27. The smallest absolute Gasteiger partial charge is 0.407 e. The number of carboxylic acid groups (broad SMARTS) is 1. The van der Waals surface area contributed by atoms with Crippen LogP contribution in [0.25, 0.3) is 0 Å². The summed E-state index contributed by atoms with van der Waals surface area (Å²) in [7, 11) is 0. The molecule has 1 amide bonds. The van der Waals surface area contributed by atoms with Gasteiger partial charge in [-0.1, -0.05) is 0 Å². The number of hydrogen-bond donors (Lipinski definition) is 1. The molecule has 1 saturated carbocycles. The van der Waals surface area contributed by atoms with Gasteiger partial charge < -0.3 is 10.0 Å². The Kier molecular flexibility index (Phi) is 4.84. The maximum atomic E-state index is 11.3. The van der Waals surface area contributed by atoms with E-state index >= 15 is 0 Å². The Labute approximate surface area is 126 Å². The lowest BCUT2D eigenvalue weighted by Gasteiger charge is -2.37. The van der Waals surface area contributed by atoms with E-state index < -0.39 is 6.09 Å². The lowest BCUT2D eigenvalue weighted by Crippen LogP contribution is -2.45. The number of carbonyl (C=O) groups is 1. The molecule has 0 aliphatic heterocycles. The van der Waals surface area contributed by atoms with Gasteiger partial charge in [0.25, 0.3) is 0 Å². The average molecular weight is 347 g/mol. The van der Waals surface area contributed by atoms with Crippen molar-refractivity contribution in [1.29, 1.82) is 0 Å². The number of thiazole rings is 1. The molecule has 1 N–H and O–H groups in total. The van der Waals surface area contributed by atoms with E-state index in [-0.39, 0.29) is 12.1 Å². The largest absolute Gasteiger partial charge is 0.465 e. The number of nitrogens with zero attached hydrogens (tertiary/aromatic N) is 2. The van der Waals surface area contributed by atoms with Crippen molar-refractivity contribution in [2.45, 2.75) is 57.5 Å². The fraction of sp³-hybridized carbons (Fsp3) is 0.692. The third-order valence-electron chi connectivity index (χ3n) is 3.71. The molecule has 0 radical (unpaired) electrons. The maximum absolute atomic E-state index is 11.3. The number of hydrogen-bond acceptors (Lipinski definition) is 3. The fourth-order valence-electron chi connectivity index (χ4n) is 2.86. The minimum absolute atomic E-state index is 0.0491. The Bertz CT molecular complexity index is 442. The quantitative estimate of drug-likeness (QED) is 0.886. The van der Waals surface area contributed by atoms with Gasteiger partial charge in [-0.05, 0) is 55.5 Å². The third kappa shape index (κ3) is 3.48. The van der Waals surface area contributed by atoms with Gasteiger partial charge in [-0.3, -0.25) is 0 Å². The van der Waals surface area contributed by atoms with Crippen LogP contribution in [0.2, 0.25) is 0 Å². The van der Waals surface area contributed by atoms with Gasteiger partial charge in [0.1, 0.15) is 0 Å². The van der Waals surface area contributed by atoms with Gasteiger partial charge in [-0.25, -0.2) is 9.78 Å². The van der Waals surface area contributed by atoms with Crippen LogP contribution in [0.3, 0.4) is 0 Å². The van der Waals surface area contributed by atoms with Crippen LogP contribution in [0.1, 0.15) is 50.5 Å². The second-order valence-electron chi connectivity index (χ2n) is 5.29. The zero-order chi connectivity index (χ0) is 14.0. The first-order valence-electron chi connectivity index (χ1n) is 6.61. The average Bonchev–Trinajstić information content (AvgIpc) is 2.76. The normalized spacial score (nSPS) is 23.6. The predicted octanol–water partition coefficient (Wildman–Crippen LogP) is 4.32. The van der Waals surface area contributed by atoms with Gasteiger partial charge in [-0.2, -0.15) is 0 Å². The van der Waals surface area contributed by atoms with Gasteiger partial charge in [0.2, 0.25) is 0 Å². The molecule has 1 fully saturated rings. The predicted molar refractivity (Wildman–Crippen MR) is 79.8 cm³/mol. The highest BCUT2D eigenvalue weighted by molar-refractivity contribution is 9.11. The monoisotopic (exact) mass is 346 g/mol. The molecule has 0 saturated heterocycles. The summed E-state index contributed by atoms with van der Waals surface area (Å²) in [6, 6.07) is 0.213. The van der Waals surface area contributed by atoms with Crippen molar-refractivity contribution < 1.29 is 9.90 Å². The summed E-state index contributed by atoms with van der Waals surface area (Å²) < 4.78 is 1.07. The molecule has 1 aromatic heterocycles. The molecular weight excluding hydrogens is 328 g/mol. The van der Waals surface area contributed by atoms with Crippen LogP contribution in [0.5, 0.6) is 0 Å². The van der Waals surface area contributed by atoms with Crippen LogP contribution in [-0.4, -0.2) is 33.2 Å². The van der Waals surface area contributed by atoms with Gasteiger partial charge in [0, 0.05) is 18.0 Å². The molecule has 0 aromatic carbocycles. The van der Waals surface area contributed by atoms with Gasteiger partial charge in [-0.15, -0.1) is 11.3 Å². The number of rotatable bonds is 3. The summed E-state index contributed by atoms with van der Waals surface area (Å²) in [4.78, 5) is 17.3. The van der Waals surface area contributed by atoms with Crippen molar-refractivity contribution in [1.82, 2.24) is 9.88 Å². The minimum Gasteiger partial charge on any atom is -0.465 e. The van der Waals surface area contributed by atoms with Crippen molar-refractivity contribution in [3.63, 3.8) is 0 Å². The second-order valence-corrected chi connectivity index (χ2v) is 7.73. The molecular formula is C13H19BrN2O2S. The SMILES string of the molecule is CC(C)N(C(=O)O)C1CCC(c2ncc(Br)s2)CC1. The summed E-state index contributed by atoms with van der Waals surface area (Å²) in [6.45, 7) is 3.89. The van der Waals surface area contributed by atoms with E-state index in [2.05, 4.69) is 20.9 Å². The number of halogens is 1. The summed E-state index contributed by atoms with van der Waals surface area (Å²) in [6.07, 6.45) is 4.99. The standard InChI is InChI=1S/C13H19BrN2O2S/c1-8(2)16(13(17)18)10-5-3-9(4-6-10)12-15-7-11(14)19-12/h7-10H,3-6H2,1-2H3,(H,17,18). The van der Waals surface area contributed by atoms with E-state index in [1.165, 1.54) is 5.01 Å². The molecule has 0 unspecified atom stereocenters. The zero-order valence-electron chi connectivity index (χ0n) is 11.2. The van der Waals surface area contributed by atoms with E-state index in [0.717, 1.165) is 29.5 Å². The highest BCUT2D eigenvalue weighted by atomic mass is 79.9. The number of aromatic nitrogens is 1. The van der Waals surface area contributed by atoms with Crippen LogP contribution < -0.4 is 0 Å². The Morgan fingerprint density at radius 1 is 1.47 bits per heavy atom. The summed E-state index contributed by atoms with van der Waals surface area (Å²) in [5.41, 5.74) is 0. The van der Waals surface area contributed by atoms with Crippen molar-refractivity contribution in [2.75, 3.05) is 0 Å². The van der Waals surface area contributed by atoms with E-state index in [1.54, 1.807) is 16.2 Å². The minimum atomic E-state index is -0.796. The van der Waals surface area contributed by atoms with Crippen LogP contribution in [0, 0.1) is 0 Å². The molecule has 1 aliphatic carbocycles. The summed E-state index contributed by atoms with van der Waals surface area (Å²) in [5.74, 6) is 0.496. The van der Waals surface area contributed by atoms with Crippen LogP contribution in [0.4, 0.5) is 4.79 Å². The maximum Gasteiger partial charge on any atom is 0.407 e. The molecule has 0 atom stereocenters. The lowest BCUT2D eigenvalue weighted by atomic mass is 9.85. The molecule has 106 valence electrons. The molecule has 0 spiro atoms. The Morgan fingerprint density at radius 3 is 2.53 bits per heavy atom. The van der Waals surface area contributed by atoms with E-state index in [1.807, 2.05) is 20.0 Å². The van der Waals surface area contributed by atoms with E-state index in [9.17, 15) is 9.90 Å².